The van der Waals surface area contributed by atoms with Gasteiger partial charge in [-0.25, -0.2) is 0 Å². The number of thiophene rings is 1. The average Bonchev–Trinajstić information content (AvgIpc) is 2.91. The summed E-state index contributed by atoms with van der Waals surface area (Å²) in [5, 5.41) is 5.28. The minimum absolute atomic E-state index is 0.0822. The van der Waals surface area contributed by atoms with Crippen molar-refractivity contribution in [3.8, 4) is 0 Å². The van der Waals surface area contributed by atoms with Crippen LogP contribution in [0.4, 0.5) is 5.69 Å². The number of amides is 1. The molecule has 1 aliphatic carbocycles. The van der Waals surface area contributed by atoms with Crippen molar-refractivity contribution in [3.05, 3.63) is 51.7 Å². The lowest BCUT2D eigenvalue weighted by molar-refractivity contribution is -0.121. The Morgan fingerprint density at radius 1 is 1.30 bits per heavy atom. The highest BCUT2D eigenvalue weighted by Crippen LogP contribution is 2.33. The van der Waals surface area contributed by atoms with Crippen molar-refractivity contribution < 1.29 is 4.79 Å². The van der Waals surface area contributed by atoms with Crippen LogP contribution in [0.3, 0.4) is 0 Å². The Morgan fingerprint density at radius 3 is 2.90 bits per heavy atom. The van der Waals surface area contributed by atoms with E-state index in [0.29, 0.717) is 6.42 Å². The van der Waals surface area contributed by atoms with Gasteiger partial charge >= 0.3 is 0 Å². The highest BCUT2D eigenvalue weighted by atomic mass is 32.1. The number of carbonyl (C=O) groups is 1. The Kier molecular flexibility index (Phi) is 3.74. The van der Waals surface area contributed by atoms with Gasteiger partial charge in [-0.3, -0.25) is 4.79 Å². The Balaban J connectivity index is 1.64. The highest BCUT2D eigenvalue weighted by molar-refractivity contribution is 7.10. The van der Waals surface area contributed by atoms with Crippen LogP contribution in [0.1, 0.15) is 34.9 Å². The molecule has 3 rings (SSSR count). The number of nitrogens with two attached hydrogens (primary N) is 1. The summed E-state index contributed by atoms with van der Waals surface area (Å²) >= 11 is 1.80. The summed E-state index contributed by atoms with van der Waals surface area (Å²) in [6.07, 6.45) is 3.76. The molecule has 1 heterocycles. The number of hydrogen-bond acceptors (Lipinski definition) is 3. The van der Waals surface area contributed by atoms with E-state index in [0.717, 1.165) is 30.5 Å². The first-order chi connectivity index (χ1) is 9.72. The van der Waals surface area contributed by atoms with Gasteiger partial charge in [0.05, 0.1) is 12.5 Å². The SMILES string of the molecule is Nc1ccc(CC(=O)NC2CCCc3sccc32)cc1. The third kappa shape index (κ3) is 2.85. The van der Waals surface area contributed by atoms with E-state index in [1.54, 1.807) is 11.3 Å². The minimum atomic E-state index is 0.0822. The fourth-order valence-electron chi connectivity index (χ4n) is 2.70. The van der Waals surface area contributed by atoms with Gasteiger partial charge in [-0.05, 0) is 54.0 Å². The van der Waals surface area contributed by atoms with E-state index < -0.39 is 0 Å². The predicted molar refractivity (Wildman–Crippen MR) is 82.7 cm³/mol. The Hall–Kier alpha value is -1.81. The summed E-state index contributed by atoms with van der Waals surface area (Å²) in [4.78, 5) is 13.6. The van der Waals surface area contributed by atoms with Crippen LogP contribution in [-0.4, -0.2) is 5.91 Å². The second-order valence-corrected chi connectivity index (χ2v) is 6.23. The molecule has 0 fully saturated rings. The molecule has 4 heteroatoms. The first-order valence-corrected chi connectivity index (χ1v) is 7.80. The summed E-state index contributed by atoms with van der Waals surface area (Å²) in [5.74, 6) is 0.0822. The molecule has 1 unspecified atom stereocenters. The molecule has 1 amide bonds. The van der Waals surface area contributed by atoms with Gasteiger partial charge in [-0.15, -0.1) is 11.3 Å². The summed E-state index contributed by atoms with van der Waals surface area (Å²) in [7, 11) is 0. The molecule has 3 nitrogen and oxygen atoms in total. The van der Waals surface area contributed by atoms with E-state index in [9.17, 15) is 4.79 Å². The quantitative estimate of drug-likeness (QED) is 0.852. The van der Waals surface area contributed by atoms with Crippen molar-refractivity contribution in [2.45, 2.75) is 31.7 Å². The highest BCUT2D eigenvalue weighted by Gasteiger charge is 2.22. The third-order valence-corrected chi connectivity index (χ3v) is 4.73. The maximum atomic E-state index is 12.2. The molecule has 20 heavy (non-hydrogen) atoms. The fourth-order valence-corrected chi connectivity index (χ4v) is 3.69. The van der Waals surface area contributed by atoms with Gasteiger partial charge in [0.1, 0.15) is 0 Å². The maximum absolute atomic E-state index is 12.2. The lowest BCUT2D eigenvalue weighted by atomic mass is 9.94. The zero-order valence-corrected chi connectivity index (χ0v) is 12.1. The predicted octanol–water partition coefficient (Wildman–Crippen LogP) is 3.07. The first kappa shape index (κ1) is 13.2. The second kappa shape index (κ2) is 5.67. The molecule has 0 aliphatic heterocycles. The summed E-state index contributed by atoms with van der Waals surface area (Å²) < 4.78 is 0. The van der Waals surface area contributed by atoms with Crippen molar-refractivity contribution in [1.29, 1.82) is 0 Å². The minimum Gasteiger partial charge on any atom is -0.399 e. The van der Waals surface area contributed by atoms with Gasteiger partial charge in [0.2, 0.25) is 5.91 Å². The number of nitrogens with one attached hydrogen (secondary N) is 1. The topological polar surface area (TPSA) is 55.1 Å². The monoisotopic (exact) mass is 286 g/mol. The zero-order valence-electron chi connectivity index (χ0n) is 11.3. The van der Waals surface area contributed by atoms with Gasteiger partial charge in [0.25, 0.3) is 0 Å². The van der Waals surface area contributed by atoms with Crippen LogP contribution < -0.4 is 11.1 Å². The van der Waals surface area contributed by atoms with Crippen LogP contribution in [-0.2, 0) is 17.6 Å². The smallest absolute Gasteiger partial charge is 0.224 e. The van der Waals surface area contributed by atoms with E-state index in [-0.39, 0.29) is 11.9 Å². The number of rotatable bonds is 3. The van der Waals surface area contributed by atoms with Crippen LogP contribution in [0.15, 0.2) is 35.7 Å². The molecular formula is C16H18N2OS. The molecule has 0 saturated heterocycles. The first-order valence-electron chi connectivity index (χ1n) is 6.92. The van der Waals surface area contributed by atoms with E-state index in [2.05, 4.69) is 16.8 Å². The molecule has 3 N–H and O–H groups in total. The van der Waals surface area contributed by atoms with Crippen molar-refractivity contribution in [2.75, 3.05) is 5.73 Å². The number of anilines is 1. The molecule has 1 aromatic carbocycles. The largest absolute Gasteiger partial charge is 0.399 e. The lowest BCUT2D eigenvalue weighted by Gasteiger charge is -2.23. The Bertz CT molecular complexity index is 603. The van der Waals surface area contributed by atoms with Crippen LogP contribution in [0.25, 0.3) is 0 Å². The average molecular weight is 286 g/mol. The molecule has 0 bridgehead atoms. The molecule has 104 valence electrons. The zero-order chi connectivity index (χ0) is 13.9. The van der Waals surface area contributed by atoms with Gasteiger partial charge in [0.15, 0.2) is 0 Å². The van der Waals surface area contributed by atoms with E-state index in [4.69, 9.17) is 5.73 Å². The number of hydrogen-bond donors (Lipinski definition) is 2. The van der Waals surface area contributed by atoms with Crippen LogP contribution in [0.5, 0.6) is 0 Å². The molecule has 1 aromatic heterocycles. The van der Waals surface area contributed by atoms with Gasteiger partial charge in [-0.2, -0.15) is 0 Å². The molecular weight excluding hydrogens is 268 g/mol. The Labute approximate surface area is 122 Å². The number of benzene rings is 1. The molecule has 1 atom stereocenters. The maximum Gasteiger partial charge on any atom is 0.224 e. The number of fused-ring (bicyclic) bond motifs is 1. The van der Waals surface area contributed by atoms with Crippen LogP contribution in [0, 0.1) is 0 Å². The van der Waals surface area contributed by atoms with Crippen molar-refractivity contribution in [1.82, 2.24) is 5.32 Å². The summed E-state index contributed by atoms with van der Waals surface area (Å²) in [5.41, 5.74) is 8.69. The molecule has 2 aromatic rings. The van der Waals surface area contributed by atoms with Crippen LogP contribution in [0.2, 0.25) is 0 Å². The standard InChI is InChI=1S/C16H18N2OS/c17-12-6-4-11(5-7-12)10-16(19)18-14-2-1-3-15-13(14)8-9-20-15/h4-9,14H,1-3,10,17H2,(H,18,19). The summed E-state index contributed by atoms with van der Waals surface area (Å²) in [6, 6.07) is 9.82. The van der Waals surface area contributed by atoms with Gasteiger partial charge in [0, 0.05) is 10.6 Å². The van der Waals surface area contributed by atoms with Crippen molar-refractivity contribution >= 4 is 22.9 Å². The molecule has 0 saturated carbocycles. The summed E-state index contributed by atoms with van der Waals surface area (Å²) in [6.45, 7) is 0. The number of aryl methyl sites for hydroxylation is 1. The normalized spacial score (nSPS) is 17.5. The van der Waals surface area contributed by atoms with Crippen LogP contribution >= 0.6 is 11.3 Å². The van der Waals surface area contributed by atoms with Gasteiger partial charge in [-0.1, -0.05) is 12.1 Å². The third-order valence-electron chi connectivity index (χ3n) is 3.73. The lowest BCUT2D eigenvalue weighted by Crippen LogP contribution is -2.31. The Morgan fingerprint density at radius 2 is 2.10 bits per heavy atom. The molecule has 0 radical (unpaired) electrons. The van der Waals surface area contributed by atoms with Crippen molar-refractivity contribution in [3.63, 3.8) is 0 Å². The van der Waals surface area contributed by atoms with E-state index >= 15 is 0 Å². The van der Waals surface area contributed by atoms with Crippen molar-refractivity contribution in [2.24, 2.45) is 0 Å². The second-order valence-electron chi connectivity index (χ2n) is 5.23. The number of carbonyl (C=O) groups excluding carboxylic acids is 1. The fraction of sp³-hybridized carbons (Fsp3) is 0.312. The van der Waals surface area contributed by atoms with E-state index in [1.807, 2.05) is 24.3 Å². The number of nitrogen functional groups attached to an aromatic ring is 1. The van der Waals surface area contributed by atoms with E-state index in [1.165, 1.54) is 10.4 Å². The van der Waals surface area contributed by atoms with Gasteiger partial charge < -0.3 is 11.1 Å². The molecule has 1 aliphatic rings. The molecule has 0 spiro atoms.